The zero-order chi connectivity index (χ0) is 24.8. The number of fused-ring (bicyclic) bond motifs is 1. The van der Waals surface area contributed by atoms with Gasteiger partial charge in [-0.1, -0.05) is 31.2 Å². The van der Waals surface area contributed by atoms with Crippen LogP contribution in [0.1, 0.15) is 13.8 Å². The number of carboxylic acids is 2. The smallest absolute Gasteiger partial charge is 0.328 e. The van der Waals surface area contributed by atoms with Gasteiger partial charge < -0.3 is 25.0 Å². The summed E-state index contributed by atoms with van der Waals surface area (Å²) >= 11 is 3.75. The minimum Gasteiger partial charge on any atom is -0.493 e. The van der Waals surface area contributed by atoms with Crippen molar-refractivity contribution in [3.05, 3.63) is 60.7 Å². The van der Waals surface area contributed by atoms with Gasteiger partial charge in [-0.15, -0.1) is 23.5 Å². The Labute approximate surface area is 208 Å². The van der Waals surface area contributed by atoms with E-state index in [0.717, 1.165) is 36.2 Å². The van der Waals surface area contributed by atoms with Crippen LogP contribution in [-0.2, 0) is 9.59 Å². The van der Waals surface area contributed by atoms with Crippen LogP contribution >= 0.6 is 23.5 Å². The van der Waals surface area contributed by atoms with Gasteiger partial charge in [0.25, 0.3) is 0 Å². The first-order valence-corrected chi connectivity index (χ1v) is 12.9. The molecule has 3 rings (SSSR count). The van der Waals surface area contributed by atoms with E-state index in [0.29, 0.717) is 30.7 Å². The Kier molecular flexibility index (Phi) is 12.4. The molecule has 3 N–H and O–H groups in total. The zero-order valence-electron chi connectivity index (χ0n) is 19.3. The van der Waals surface area contributed by atoms with Gasteiger partial charge in [0.15, 0.2) is 0 Å². The summed E-state index contributed by atoms with van der Waals surface area (Å²) in [5.41, 5.74) is 0. The first-order chi connectivity index (χ1) is 16.4. The fraction of sp³-hybridized carbons (Fsp3) is 0.360. The molecule has 0 bridgehead atoms. The Balaban J connectivity index is 0.000000440. The van der Waals surface area contributed by atoms with E-state index in [1.54, 1.807) is 0 Å². The third-order valence-corrected chi connectivity index (χ3v) is 7.13. The van der Waals surface area contributed by atoms with Gasteiger partial charge in [0.2, 0.25) is 0 Å². The van der Waals surface area contributed by atoms with Gasteiger partial charge >= 0.3 is 11.9 Å². The molecule has 9 heteroatoms. The number of hydrogen-bond donors (Lipinski definition) is 3. The molecular weight excluding hydrogens is 474 g/mol. The molecule has 0 unspecified atom stereocenters. The van der Waals surface area contributed by atoms with Crippen molar-refractivity contribution in [1.82, 2.24) is 5.32 Å². The summed E-state index contributed by atoms with van der Waals surface area (Å²) in [5.74, 6) is 2.18. The van der Waals surface area contributed by atoms with Crippen LogP contribution in [0, 0.1) is 5.92 Å². The van der Waals surface area contributed by atoms with Crippen LogP contribution < -0.4 is 14.8 Å². The molecule has 0 amide bonds. The highest BCUT2D eigenvalue weighted by atomic mass is 32.2. The Morgan fingerprint density at radius 2 is 1.85 bits per heavy atom. The molecule has 0 fully saturated rings. The minimum atomic E-state index is -1.26. The Morgan fingerprint density at radius 1 is 1.18 bits per heavy atom. The highest BCUT2D eigenvalue weighted by Crippen LogP contribution is 2.32. The fourth-order valence-electron chi connectivity index (χ4n) is 2.88. The first kappa shape index (κ1) is 27.6. The lowest BCUT2D eigenvalue weighted by atomic mass is 10.2. The third kappa shape index (κ3) is 10.5. The summed E-state index contributed by atoms with van der Waals surface area (Å²) in [4.78, 5) is 21.6. The van der Waals surface area contributed by atoms with Crippen molar-refractivity contribution in [3.63, 3.8) is 0 Å². The number of benzene rings is 2. The number of para-hydroxylation sites is 2. The van der Waals surface area contributed by atoms with Crippen molar-refractivity contribution in [1.29, 1.82) is 0 Å². The van der Waals surface area contributed by atoms with E-state index in [2.05, 4.69) is 42.6 Å². The van der Waals surface area contributed by atoms with Crippen LogP contribution in [0.25, 0.3) is 0 Å². The van der Waals surface area contributed by atoms with E-state index < -0.39 is 11.9 Å². The number of thioether (sulfide) groups is 2. The maximum Gasteiger partial charge on any atom is 0.328 e. The predicted molar refractivity (Wildman–Crippen MR) is 136 cm³/mol. The summed E-state index contributed by atoms with van der Waals surface area (Å²) in [6, 6.07) is 17.0. The van der Waals surface area contributed by atoms with Gasteiger partial charge in [-0.05, 0) is 43.7 Å². The average Bonchev–Trinajstić information content (AvgIpc) is 3.04. The molecule has 0 spiro atoms. The summed E-state index contributed by atoms with van der Waals surface area (Å²) < 4.78 is 11.7. The highest BCUT2D eigenvalue weighted by Gasteiger charge is 2.18. The van der Waals surface area contributed by atoms with E-state index >= 15 is 0 Å². The number of ether oxygens (including phenoxy) is 2. The molecule has 0 radical (unpaired) electrons. The normalized spacial score (nSPS) is 15.8. The van der Waals surface area contributed by atoms with Gasteiger partial charge in [0.05, 0.1) is 12.6 Å². The van der Waals surface area contributed by atoms with Gasteiger partial charge in [-0.3, -0.25) is 0 Å². The SMILES string of the molecule is CCOc1ccccc1SC[C@@H](C)CN[C@@H]1COc2ccccc2SC1.O=C(O)/C=C/C(=O)O. The molecule has 0 saturated carbocycles. The fourth-order valence-corrected chi connectivity index (χ4v) is 4.95. The van der Waals surface area contributed by atoms with Crippen molar-refractivity contribution in [2.45, 2.75) is 29.7 Å². The summed E-state index contributed by atoms with van der Waals surface area (Å²) in [6.07, 6.45) is 1.12. The Morgan fingerprint density at radius 3 is 2.56 bits per heavy atom. The summed E-state index contributed by atoms with van der Waals surface area (Å²) in [5, 5.41) is 19.3. The number of carboxylic acid groups (broad SMARTS) is 2. The third-order valence-electron chi connectivity index (χ3n) is 4.53. The molecule has 1 heterocycles. The number of hydrogen-bond acceptors (Lipinski definition) is 7. The molecular formula is C25H31NO6S2. The maximum atomic E-state index is 9.55. The summed E-state index contributed by atoms with van der Waals surface area (Å²) in [6.45, 7) is 6.75. The molecule has 2 atom stereocenters. The van der Waals surface area contributed by atoms with Crippen LogP contribution in [0.15, 0.2) is 70.5 Å². The molecule has 2 aromatic rings. The lowest BCUT2D eigenvalue weighted by Crippen LogP contribution is -2.39. The molecule has 0 saturated heterocycles. The van der Waals surface area contributed by atoms with Gasteiger partial charge in [0, 0.05) is 33.4 Å². The average molecular weight is 506 g/mol. The maximum absolute atomic E-state index is 9.55. The molecule has 1 aliphatic heterocycles. The van der Waals surface area contributed by atoms with Crippen LogP contribution in [0.5, 0.6) is 11.5 Å². The molecule has 2 aromatic carbocycles. The Hall–Kier alpha value is -2.62. The quantitative estimate of drug-likeness (QED) is 0.314. The number of rotatable bonds is 10. The van der Waals surface area contributed by atoms with E-state index in [9.17, 15) is 9.59 Å². The molecule has 34 heavy (non-hydrogen) atoms. The highest BCUT2D eigenvalue weighted by molar-refractivity contribution is 7.99. The second-order valence-electron chi connectivity index (χ2n) is 7.48. The van der Waals surface area contributed by atoms with Crippen molar-refractivity contribution < 1.29 is 29.3 Å². The number of nitrogens with one attached hydrogen (secondary N) is 1. The zero-order valence-corrected chi connectivity index (χ0v) is 20.9. The largest absolute Gasteiger partial charge is 0.493 e. The van der Waals surface area contributed by atoms with Crippen molar-refractivity contribution in [3.8, 4) is 11.5 Å². The van der Waals surface area contributed by atoms with Gasteiger partial charge in [-0.25, -0.2) is 9.59 Å². The molecule has 0 aliphatic carbocycles. The van der Waals surface area contributed by atoms with Crippen molar-refractivity contribution in [2.24, 2.45) is 5.92 Å². The monoisotopic (exact) mass is 505 g/mol. The summed E-state index contributed by atoms with van der Waals surface area (Å²) in [7, 11) is 0. The van der Waals surface area contributed by atoms with E-state index in [1.165, 1.54) is 9.79 Å². The van der Waals surface area contributed by atoms with E-state index in [4.69, 9.17) is 19.7 Å². The standard InChI is InChI=1S/C21H27NO2S2.C4H4O4/c1-3-23-18-8-4-6-10-20(18)25-14-16(2)12-22-17-13-24-19-9-5-7-11-21(19)26-15-17;5-3(6)1-2-4(7)8/h4-11,16-17,22H,3,12-15H2,1-2H3;1-2H,(H,5,6)(H,7,8)/b;2-1+/t16-,17+;/m0./s1. The molecule has 1 aliphatic rings. The minimum absolute atomic E-state index is 0.385. The topological polar surface area (TPSA) is 105 Å². The van der Waals surface area contributed by atoms with Crippen LogP contribution in [-0.4, -0.2) is 59.5 Å². The van der Waals surface area contributed by atoms with Crippen LogP contribution in [0.2, 0.25) is 0 Å². The van der Waals surface area contributed by atoms with E-state index in [-0.39, 0.29) is 0 Å². The second-order valence-corrected chi connectivity index (χ2v) is 9.60. The first-order valence-electron chi connectivity index (χ1n) is 11.0. The molecule has 7 nitrogen and oxygen atoms in total. The lowest BCUT2D eigenvalue weighted by molar-refractivity contribution is -0.134. The molecule has 184 valence electrons. The number of carbonyl (C=O) groups is 2. The van der Waals surface area contributed by atoms with Crippen molar-refractivity contribution in [2.75, 3.05) is 31.3 Å². The van der Waals surface area contributed by atoms with Crippen molar-refractivity contribution >= 4 is 35.5 Å². The van der Waals surface area contributed by atoms with Gasteiger partial charge in [0.1, 0.15) is 18.1 Å². The molecule has 0 aromatic heterocycles. The van der Waals surface area contributed by atoms with Gasteiger partial charge in [-0.2, -0.15) is 0 Å². The number of aliphatic carboxylic acids is 2. The lowest BCUT2D eigenvalue weighted by Gasteiger charge is -2.19. The Bertz CT molecular complexity index is 910. The van der Waals surface area contributed by atoms with E-state index in [1.807, 2.05) is 48.6 Å². The van der Waals surface area contributed by atoms with Crippen LogP contribution in [0.3, 0.4) is 0 Å². The predicted octanol–water partition coefficient (Wildman–Crippen LogP) is 4.67. The van der Waals surface area contributed by atoms with Crippen LogP contribution in [0.4, 0.5) is 0 Å². The second kappa shape index (κ2) is 15.3.